The molecule has 0 amide bonds. The van der Waals surface area contributed by atoms with Crippen LogP contribution in [0.15, 0.2) is 46.9 Å². The van der Waals surface area contributed by atoms with Gasteiger partial charge in [0.15, 0.2) is 5.78 Å². The van der Waals surface area contributed by atoms with Crippen molar-refractivity contribution in [2.24, 2.45) is 0 Å². The van der Waals surface area contributed by atoms with Crippen LogP contribution in [0.25, 0.3) is 0 Å². The lowest BCUT2D eigenvalue weighted by Crippen LogP contribution is -2.04. The zero-order chi connectivity index (χ0) is 12.4. The lowest BCUT2D eigenvalue weighted by atomic mass is 9.96. The lowest BCUT2D eigenvalue weighted by molar-refractivity contribution is 0.103. The highest BCUT2D eigenvalue weighted by Crippen LogP contribution is 2.19. The van der Waals surface area contributed by atoms with Crippen molar-refractivity contribution in [3.63, 3.8) is 0 Å². The van der Waals surface area contributed by atoms with Crippen LogP contribution in [-0.2, 0) is 0 Å². The molecule has 2 rings (SSSR count). The highest BCUT2D eigenvalue weighted by Gasteiger charge is 2.12. The Labute approximate surface area is 110 Å². The van der Waals surface area contributed by atoms with Gasteiger partial charge in [-0.25, -0.2) is 0 Å². The predicted octanol–water partition coefficient (Wildman–Crippen LogP) is 4.30. The highest BCUT2D eigenvalue weighted by molar-refractivity contribution is 9.10. The molecule has 0 N–H and O–H groups in total. The standard InChI is InChI=1S/C15H13BrO/c1-10-5-3-8-14(11(10)2)15(17)12-6-4-7-13(16)9-12/h3-9H,1-2H3. The third-order valence-corrected chi connectivity index (χ3v) is 3.43. The van der Waals surface area contributed by atoms with Gasteiger partial charge in [-0.3, -0.25) is 4.79 Å². The Bertz CT molecular complexity index is 573. The van der Waals surface area contributed by atoms with Crippen molar-refractivity contribution in [3.8, 4) is 0 Å². The van der Waals surface area contributed by atoms with Gasteiger partial charge in [0.2, 0.25) is 0 Å². The fraction of sp³-hybridized carbons (Fsp3) is 0.133. The quantitative estimate of drug-likeness (QED) is 0.753. The van der Waals surface area contributed by atoms with Gasteiger partial charge in [0, 0.05) is 15.6 Å². The smallest absolute Gasteiger partial charge is 0.193 e. The van der Waals surface area contributed by atoms with Crippen LogP contribution in [0.4, 0.5) is 0 Å². The van der Waals surface area contributed by atoms with E-state index in [1.54, 1.807) is 0 Å². The Kier molecular flexibility index (Phi) is 3.43. The maximum absolute atomic E-state index is 12.4. The first-order valence-electron chi connectivity index (χ1n) is 5.46. The molecule has 0 spiro atoms. The summed E-state index contributed by atoms with van der Waals surface area (Å²) in [6.45, 7) is 4.01. The van der Waals surface area contributed by atoms with E-state index in [4.69, 9.17) is 0 Å². The monoisotopic (exact) mass is 288 g/mol. The second kappa shape index (κ2) is 4.84. The molecule has 2 aromatic rings. The average molecular weight is 289 g/mol. The van der Waals surface area contributed by atoms with Crippen molar-refractivity contribution in [1.29, 1.82) is 0 Å². The van der Waals surface area contributed by atoms with Gasteiger partial charge < -0.3 is 0 Å². The Morgan fingerprint density at radius 3 is 2.47 bits per heavy atom. The second-order valence-corrected chi connectivity index (χ2v) is 5.00. The SMILES string of the molecule is Cc1cccc(C(=O)c2cccc(Br)c2)c1C. The van der Waals surface area contributed by atoms with Crippen molar-refractivity contribution < 1.29 is 4.79 Å². The number of carbonyl (C=O) groups excluding carboxylic acids is 1. The van der Waals surface area contributed by atoms with E-state index in [1.807, 2.05) is 56.3 Å². The number of carbonyl (C=O) groups is 1. The molecular weight excluding hydrogens is 276 g/mol. The maximum atomic E-state index is 12.4. The summed E-state index contributed by atoms with van der Waals surface area (Å²) >= 11 is 3.38. The highest BCUT2D eigenvalue weighted by atomic mass is 79.9. The van der Waals surface area contributed by atoms with E-state index in [0.29, 0.717) is 5.56 Å². The number of hydrogen-bond acceptors (Lipinski definition) is 1. The van der Waals surface area contributed by atoms with Gasteiger partial charge >= 0.3 is 0 Å². The van der Waals surface area contributed by atoms with Crippen molar-refractivity contribution in [2.75, 3.05) is 0 Å². The summed E-state index contributed by atoms with van der Waals surface area (Å²) in [5.41, 5.74) is 3.69. The molecule has 0 saturated heterocycles. The third kappa shape index (κ3) is 2.47. The van der Waals surface area contributed by atoms with Gasteiger partial charge in [-0.15, -0.1) is 0 Å². The molecule has 0 saturated carbocycles. The molecular formula is C15H13BrO. The van der Waals surface area contributed by atoms with Crippen molar-refractivity contribution in [3.05, 3.63) is 69.2 Å². The summed E-state index contributed by atoms with van der Waals surface area (Å²) in [5, 5.41) is 0. The summed E-state index contributed by atoms with van der Waals surface area (Å²) in [6, 6.07) is 13.3. The number of benzene rings is 2. The summed E-state index contributed by atoms with van der Waals surface area (Å²) < 4.78 is 0.925. The Morgan fingerprint density at radius 1 is 1.06 bits per heavy atom. The molecule has 0 unspecified atom stereocenters. The van der Waals surface area contributed by atoms with Gasteiger partial charge in [-0.2, -0.15) is 0 Å². The first-order chi connectivity index (χ1) is 8.09. The molecule has 0 radical (unpaired) electrons. The van der Waals surface area contributed by atoms with Crippen molar-refractivity contribution in [2.45, 2.75) is 13.8 Å². The molecule has 1 nitrogen and oxygen atoms in total. The van der Waals surface area contributed by atoms with E-state index in [0.717, 1.165) is 21.2 Å². The molecule has 0 aliphatic heterocycles. The average Bonchev–Trinajstić information content (AvgIpc) is 2.32. The molecule has 0 atom stereocenters. The number of halogens is 1. The number of hydrogen-bond donors (Lipinski definition) is 0. The van der Waals surface area contributed by atoms with Crippen LogP contribution in [0.2, 0.25) is 0 Å². The van der Waals surface area contributed by atoms with Gasteiger partial charge in [0.25, 0.3) is 0 Å². The molecule has 0 heterocycles. The van der Waals surface area contributed by atoms with Crippen LogP contribution in [-0.4, -0.2) is 5.78 Å². The van der Waals surface area contributed by atoms with E-state index >= 15 is 0 Å². The van der Waals surface area contributed by atoms with Crippen LogP contribution in [0, 0.1) is 13.8 Å². The fourth-order valence-corrected chi connectivity index (χ4v) is 2.18. The zero-order valence-corrected chi connectivity index (χ0v) is 11.4. The van der Waals surface area contributed by atoms with E-state index in [2.05, 4.69) is 15.9 Å². The minimum Gasteiger partial charge on any atom is -0.289 e. The summed E-state index contributed by atoms with van der Waals surface area (Å²) in [5.74, 6) is 0.0764. The fourth-order valence-electron chi connectivity index (χ4n) is 1.78. The number of rotatable bonds is 2. The lowest BCUT2D eigenvalue weighted by Gasteiger charge is -2.07. The number of aryl methyl sites for hydroxylation is 1. The predicted molar refractivity (Wildman–Crippen MR) is 73.5 cm³/mol. The van der Waals surface area contributed by atoms with Gasteiger partial charge in [0.1, 0.15) is 0 Å². The molecule has 86 valence electrons. The summed E-state index contributed by atoms with van der Waals surface area (Å²) in [4.78, 5) is 12.4. The van der Waals surface area contributed by atoms with E-state index in [9.17, 15) is 4.79 Å². The van der Waals surface area contributed by atoms with Crippen LogP contribution < -0.4 is 0 Å². The Hall–Kier alpha value is -1.41. The summed E-state index contributed by atoms with van der Waals surface area (Å²) in [7, 11) is 0. The molecule has 0 aromatic heterocycles. The topological polar surface area (TPSA) is 17.1 Å². The van der Waals surface area contributed by atoms with Crippen LogP contribution in [0.3, 0.4) is 0 Å². The largest absolute Gasteiger partial charge is 0.289 e. The van der Waals surface area contributed by atoms with Gasteiger partial charge in [0.05, 0.1) is 0 Å². The Balaban J connectivity index is 2.48. The second-order valence-electron chi connectivity index (χ2n) is 4.09. The molecule has 0 bridgehead atoms. The number of ketones is 1. The van der Waals surface area contributed by atoms with Gasteiger partial charge in [-0.1, -0.05) is 46.3 Å². The van der Waals surface area contributed by atoms with Crippen molar-refractivity contribution >= 4 is 21.7 Å². The zero-order valence-electron chi connectivity index (χ0n) is 9.83. The summed E-state index contributed by atoms with van der Waals surface area (Å²) in [6.07, 6.45) is 0. The maximum Gasteiger partial charge on any atom is 0.193 e. The van der Waals surface area contributed by atoms with E-state index in [1.165, 1.54) is 0 Å². The molecule has 2 heteroatoms. The van der Waals surface area contributed by atoms with Crippen LogP contribution in [0.5, 0.6) is 0 Å². The van der Waals surface area contributed by atoms with E-state index < -0.39 is 0 Å². The van der Waals surface area contributed by atoms with Crippen molar-refractivity contribution in [1.82, 2.24) is 0 Å². The first-order valence-corrected chi connectivity index (χ1v) is 6.25. The minimum atomic E-state index is 0.0764. The molecule has 2 aromatic carbocycles. The molecule has 0 fully saturated rings. The molecule has 17 heavy (non-hydrogen) atoms. The van der Waals surface area contributed by atoms with Crippen LogP contribution in [0.1, 0.15) is 27.0 Å². The Morgan fingerprint density at radius 2 is 1.76 bits per heavy atom. The van der Waals surface area contributed by atoms with E-state index in [-0.39, 0.29) is 5.78 Å². The third-order valence-electron chi connectivity index (χ3n) is 2.94. The first kappa shape index (κ1) is 12.1. The minimum absolute atomic E-state index is 0.0764. The molecule has 0 aliphatic rings. The normalized spacial score (nSPS) is 10.3. The van der Waals surface area contributed by atoms with Gasteiger partial charge in [-0.05, 0) is 37.1 Å². The molecule has 0 aliphatic carbocycles. The van der Waals surface area contributed by atoms with Crippen LogP contribution >= 0.6 is 15.9 Å².